The van der Waals surface area contributed by atoms with E-state index < -0.39 is 16.0 Å². The Bertz CT molecular complexity index is 1500. The minimum Gasteiger partial charge on any atom is -0.463 e. The lowest BCUT2D eigenvalue weighted by Gasteiger charge is -2.10. The molecule has 1 heterocycles. The van der Waals surface area contributed by atoms with Gasteiger partial charge in [-0.25, -0.2) is 17.2 Å². The van der Waals surface area contributed by atoms with Crippen molar-refractivity contribution >= 4 is 44.9 Å². The molecule has 0 aliphatic carbocycles. The van der Waals surface area contributed by atoms with Crippen LogP contribution in [0.25, 0.3) is 17.0 Å². The van der Waals surface area contributed by atoms with Crippen molar-refractivity contribution < 1.29 is 17.9 Å². The molecule has 0 saturated carbocycles. The van der Waals surface area contributed by atoms with Crippen LogP contribution in [0, 0.1) is 6.92 Å². The topological polar surface area (TPSA) is 77.7 Å². The van der Waals surface area contributed by atoms with E-state index in [0.717, 1.165) is 10.9 Å². The highest BCUT2D eigenvalue weighted by Gasteiger charge is 2.22. The van der Waals surface area contributed by atoms with Gasteiger partial charge in [-0.15, -0.1) is 0 Å². The highest BCUT2D eigenvalue weighted by molar-refractivity contribution is 7.90. The largest absolute Gasteiger partial charge is 0.463 e. The van der Waals surface area contributed by atoms with Gasteiger partial charge in [0.1, 0.15) is 0 Å². The van der Waals surface area contributed by atoms with E-state index in [-0.39, 0.29) is 4.90 Å². The Hall–Kier alpha value is -3.97. The number of hydrogen-bond acceptors (Lipinski definition) is 5. The second-order valence-corrected chi connectivity index (χ2v) is 9.40. The summed E-state index contributed by atoms with van der Waals surface area (Å²) in [5.74, 6) is -0.439. The van der Waals surface area contributed by atoms with E-state index in [4.69, 9.17) is 4.74 Å². The van der Waals surface area contributed by atoms with E-state index in [2.05, 4.69) is 4.99 Å². The van der Waals surface area contributed by atoms with Gasteiger partial charge in [0.2, 0.25) is 0 Å². The van der Waals surface area contributed by atoms with Crippen molar-refractivity contribution in [2.45, 2.75) is 18.7 Å². The molecule has 1 aromatic heterocycles. The van der Waals surface area contributed by atoms with Crippen molar-refractivity contribution in [3.8, 4) is 0 Å². The number of aromatic nitrogens is 1. The molecule has 4 rings (SSSR count). The maximum Gasteiger partial charge on any atom is 0.330 e. The van der Waals surface area contributed by atoms with Crippen LogP contribution < -0.4 is 0 Å². The Morgan fingerprint density at radius 1 is 1.00 bits per heavy atom. The molecule has 0 amide bonds. The summed E-state index contributed by atoms with van der Waals surface area (Å²) in [6.07, 6.45) is 4.50. The number of benzene rings is 3. The first-order valence-corrected chi connectivity index (χ1v) is 12.2. The summed E-state index contributed by atoms with van der Waals surface area (Å²) >= 11 is 0. The number of ether oxygens (including phenoxy) is 1. The summed E-state index contributed by atoms with van der Waals surface area (Å²) in [5.41, 5.74) is 3.26. The second-order valence-electron chi connectivity index (χ2n) is 7.61. The third-order valence-electron chi connectivity index (χ3n) is 5.21. The first-order valence-electron chi connectivity index (χ1n) is 10.8. The Morgan fingerprint density at radius 2 is 1.71 bits per heavy atom. The van der Waals surface area contributed by atoms with Gasteiger partial charge in [-0.05, 0) is 50.3 Å². The highest BCUT2D eigenvalue weighted by Crippen LogP contribution is 2.26. The number of nitrogens with zero attached hydrogens (tertiary/aromatic N) is 2. The normalized spacial score (nSPS) is 12.1. The first kappa shape index (κ1) is 23.2. The van der Waals surface area contributed by atoms with Crippen molar-refractivity contribution in [1.82, 2.24) is 3.97 Å². The van der Waals surface area contributed by atoms with E-state index in [1.165, 1.54) is 16.3 Å². The van der Waals surface area contributed by atoms with Gasteiger partial charge in [0.15, 0.2) is 0 Å². The monoisotopic (exact) mass is 472 g/mol. The molecule has 0 aliphatic heterocycles. The lowest BCUT2D eigenvalue weighted by atomic mass is 10.1. The summed E-state index contributed by atoms with van der Waals surface area (Å²) in [7, 11) is -3.86. The highest BCUT2D eigenvalue weighted by atomic mass is 32.2. The molecule has 0 unspecified atom stereocenters. The van der Waals surface area contributed by atoms with Gasteiger partial charge in [-0.2, -0.15) is 0 Å². The van der Waals surface area contributed by atoms with Gasteiger partial charge in [-0.3, -0.25) is 4.99 Å². The van der Waals surface area contributed by atoms with E-state index >= 15 is 0 Å². The molecule has 3 aromatic carbocycles. The summed E-state index contributed by atoms with van der Waals surface area (Å²) in [6.45, 7) is 3.95. The Balaban J connectivity index is 1.79. The summed E-state index contributed by atoms with van der Waals surface area (Å²) in [4.78, 5) is 16.5. The zero-order chi connectivity index (χ0) is 24.1. The van der Waals surface area contributed by atoms with E-state index in [1.54, 1.807) is 61.5 Å². The minimum atomic E-state index is -3.86. The van der Waals surface area contributed by atoms with Crippen LogP contribution in [0.2, 0.25) is 0 Å². The molecule has 6 nitrogen and oxygen atoms in total. The lowest BCUT2D eigenvalue weighted by molar-refractivity contribution is -0.137. The number of carbonyl (C=O) groups excluding carboxylic acids is 1. The van der Waals surface area contributed by atoms with Gasteiger partial charge < -0.3 is 4.74 Å². The molecule has 7 heteroatoms. The molecule has 0 atom stereocenters. The quantitative estimate of drug-likeness (QED) is 0.202. The average molecular weight is 473 g/mol. The van der Waals surface area contributed by atoms with Gasteiger partial charge in [0, 0.05) is 17.0 Å². The fourth-order valence-corrected chi connectivity index (χ4v) is 5.05. The van der Waals surface area contributed by atoms with Crippen LogP contribution in [-0.2, 0) is 19.6 Å². The SMILES string of the molecule is CCOC(=O)/C=C/c1ccccc1N=Cc1cc2ccccc2n1S(=O)(=O)c1ccc(C)cc1. The third kappa shape index (κ3) is 4.84. The molecular weight excluding hydrogens is 448 g/mol. The summed E-state index contributed by atoms with van der Waals surface area (Å²) in [6, 6.07) is 23.1. The van der Waals surface area contributed by atoms with Crippen LogP contribution in [0.5, 0.6) is 0 Å². The van der Waals surface area contributed by atoms with E-state index in [9.17, 15) is 13.2 Å². The predicted molar refractivity (Wildman–Crippen MR) is 135 cm³/mol. The zero-order valence-corrected chi connectivity index (χ0v) is 19.7. The number of rotatable bonds is 7. The number of esters is 1. The van der Waals surface area contributed by atoms with Crippen molar-refractivity contribution in [2.75, 3.05) is 6.61 Å². The molecule has 0 saturated heterocycles. The molecule has 0 radical (unpaired) electrons. The van der Waals surface area contributed by atoms with Gasteiger partial charge in [-0.1, -0.05) is 54.1 Å². The molecule has 0 fully saturated rings. The number of aryl methyl sites for hydroxylation is 1. The maximum absolute atomic E-state index is 13.6. The standard InChI is InChI=1S/C27H24N2O4S/c1-3-33-27(30)17-14-21-8-4-6-10-25(21)28-19-23-18-22-9-5-7-11-26(22)29(23)34(31,32)24-15-12-20(2)13-16-24/h4-19H,3H2,1-2H3/b17-14+,28-19?. The van der Waals surface area contributed by atoms with Crippen LogP contribution in [0.15, 0.2) is 94.8 Å². The van der Waals surface area contributed by atoms with E-state index in [0.29, 0.717) is 29.1 Å². The Labute approximate surface area is 198 Å². The molecule has 0 aliphatic rings. The van der Waals surface area contributed by atoms with Gasteiger partial charge in [0.05, 0.1) is 34.6 Å². The van der Waals surface area contributed by atoms with Crippen LogP contribution in [0.3, 0.4) is 0 Å². The minimum absolute atomic E-state index is 0.201. The fourth-order valence-electron chi connectivity index (χ4n) is 3.56. The predicted octanol–water partition coefficient (Wildman–Crippen LogP) is 5.51. The van der Waals surface area contributed by atoms with Crippen LogP contribution in [-0.4, -0.2) is 31.2 Å². The summed E-state index contributed by atoms with van der Waals surface area (Å²) in [5, 5.41) is 0.787. The number of fused-ring (bicyclic) bond motifs is 1. The molecule has 34 heavy (non-hydrogen) atoms. The van der Waals surface area contributed by atoms with Gasteiger partial charge in [0.25, 0.3) is 10.0 Å². The van der Waals surface area contributed by atoms with Crippen molar-refractivity contribution in [1.29, 1.82) is 0 Å². The second kappa shape index (κ2) is 9.89. The molecule has 0 bridgehead atoms. The van der Waals surface area contributed by atoms with E-state index in [1.807, 2.05) is 37.3 Å². The van der Waals surface area contributed by atoms with Crippen LogP contribution in [0.4, 0.5) is 5.69 Å². The van der Waals surface area contributed by atoms with Crippen LogP contribution >= 0.6 is 0 Å². The zero-order valence-electron chi connectivity index (χ0n) is 18.9. The Morgan fingerprint density at radius 3 is 2.47 bits per heavy atom. The lowest BCUT2D eigenvalue weighted by Crippen LogP contribution is -2.15. The van der Waals surface area contributed by atoms with Crippen molar-refractivity contribution in [3.63, 3.8) is 0 Å². The number of para-hydroxylation sites is 2. The third-order valence-corrected chi connectivity index (χ3v) is 6.97. The molecule has 0 N–H and O–H groups in total. The van der Waals surface area contributed by atoms with Crippen molar-refractivity contribution in [3.05, 3.63) is 102 Å². The molecule has 4 aromatic rings. The average Bonchev–Trinajstić information content (AvgIpc) is 3.21. The van der Waals surface area contributed by atoms with Crippen molar-refractivity contribution in [2.24, 2.45) is 4.99 Å². The molecule has 172 valence electrons. The fraction of sp³-hybridized carbons (Fsp3) is 0.111. The number of hydrogen-bond donors (Lipinski definition) is 0. The smallest absolute Gasteiger partial charge is 0.330 e. The maximum atomic E-state index is 13.6. The number of aliphatic imine (C=N–C) groups is 1. The molecular formula is C27H24N2O4S. The van der Waals surface area contributed by atoms with Gasteiger partial charge >= 0.3 is 5.97 Å². The van der Waals surface area contributed by atoms with Crippen LogP contribution in [0.1, 0.15) is 23.7 Å². The number of carbonyl (C=O) groups is 1. The first-order chi connectivity index (χ1) is 16.4. The summed E-state index contributed by atoms with van der Waals surface area (Å²) < 4.78 is 33.4. The Kier molecular flexibility index (Phi) is 6.75. The molecule has 0 spiro atoms.